The Balaban J connectivity index is 3.63. The molecule has 0 aliphatic rings. The molecule has 0 rings (SSSR count). The molecule has 0 fully saturated rings. The van der Waals surface area contributed by atoms with Crippen LogP contribution in [0.25, 0.3) is 0 Å². The molecule has 0 N–H and O–H groups in total. The summed E-state index contributed by atoms with van der Waals surface area (Å²) in [6, 6.07) is 0. The van der Waals surface area contributed by atoms with Crippen LogP contribution < -0.4 is 0 Å². The number of carbonyl (C=O) groups excluding carboxylic acids is 1. The van der Waals surface area contributed by atoms with Crippen LogP contribution >= 0.6 is 0 Å². The molecule has 0 bridgehead atoms. The van der Waals surface area contributed by atoms with Gasteiger partial charge in [-0.1, -0.05) is 41.0 Å². The fraction of sp³-hybridized carbons (Fsp3) is 0.917. The molecular weight excluding hydrogens is 160 g/mol. The Bertz CT molecular complexity index is 144. The molecule has 78 valence electrons. The van der Waals surface area contributed by atoms with Crippen LogP contribution in [0.3, 0.4) is 0 Å². The molecule has 2 atom stereocenters. The smallest absolute Gasteiger partial charge is 0.122 e. The summed E-state index contributed by atoms with van der Waals surface area (Å²) in [4.78, 5) is 10.4. The molecule has 0 radical (unpaired) electrons. The molecule has 0 heterocycles. The second-order valence-electron chi connectivity index (χ2n) is 5.56. The van der Waals surface area contributed by atoms with E-state index in [0.717, 1.165) is 18.6 Å². The van der Waals surface area contributed by atoms with E-state index < -0.39 is 0 Å². The molecule has 0 aromatic carbocycles. The second-order valence-corrected chi connectivity index (χ2v) is 5.56. The lowest BCUT2D eigenvalue weighted by atomic mass is 9.83. The highest BCUT2D eigenvalue weighted by atomic mass is 16.1. The first-order chi connectivity index (χ1) is 5.85. The van der Waals surface area contributed by atoms with Gasteiger partial charge in [-0.25, -0.2) is 0 Å². The first-order valence-electron chi connectivity index (χ1n) is 5.30. The highest BCUT2D eigenvalue weighted by Gasteiger charge is 2.15. The fourth-order valence-corrected chi connectivity index (χ4v) is 1.76. The SMILES string of the molecule is C[C@H](CC[C@H](C)C=O)CC(C)(C)C. The van der Waals surface area contributed by atoms with Crippen LogP contribution in [0.2, 0.25) is 0 Å². The molecule has 0 saturated heterocycles. The quantitative estimate of drug-likeness (QED) is 0.596. The molecule has 0 amide bonds. The van der Waals surface area contributed by atoms with Crippen LogP contribution in [-0.4, -0.2) is 6.29 Å². The molecule has 0 spiro atoms. The zero-order valence-corrected chi connectivity index (χ0v) is 9.76. The van der Waals surface area contributed by atoms with Crippen LogP contribution in [0.5, 0.6) is 0 Å². The Labute approximate surface area is 82.9 Å². The fourth-order valence-electron chi connectivity index (χ4n) is 1.76. The van der Waals surface area contributed by atoms with Crippen molar-refractivity contribution in [1.82, 2.24) is 0 Å². The van der Waals surface area contributed by atoms with Crippen LogP contribution in [0.4, 0.5) is 0 Å². The molecular formula is C12H24O. The van der Waals surface area contributed by atoms with Gasteiger partial charge in [-0.15, -0.1) is 0 Å². The Hall–Kier alpha value is -0.330. The zero-order chi connectivity index (χ0) is 10.5. The Morgan fingerprint density at radius 2 is 1.69 bits per heavy atom. The predicted octanol–water partition coefficient (Wildman–Crippen LogP) is 3.67. The molecule has 1 heteroatoms. The highest BCUT2D eigenvalue weighted by Crippen LogP contribution is 2.27. The van der Waals surface area contributed by atoms with Crippen molar-refractivity contribution >= 4 is 6.29 Å². The third-order valence-corrected chi connectivity index (χ3v) is 2.31. The summed E-state index contributed by atoms with van der Waals surface area (Å²) in [7, 11) is 0. The van der Waals surface area contributed by atoms with E-state index >= 15 is 0 Å². The molecule has 0 unspecified atom stereocenters. The number of rotatable bonds is 5. The predicted molar refractivity (Wildman–Crippen MR) is 57.7 cm³/mol. The largest absolute Gasteiger partial charge is 0.303 e. The minimum Gasteiger partial charge on any atom is -0.303 e. The summed E-state index contributed by atoms with van der Waals surface area (Å²) in [6.07, 6.45) is 4.53. The van der Waals surface area contributed by atoms with Gasteiger partial charge in [0.05, 0.1) is 0 Å². The summed E-state index contributed by atoms with van der Waals surface area (Å²) in [5.41, 5.74) is 0.420. The Morgan fingerprint density at radius 1 is 1.15 bits per heavy atom. The molecule has 0 saturated carbocycles. The first-order valence-corrected chi connectivity index (χ1v) is 5.30. The van der Waals surface area contributed by atoms with Gasteiger partial charge in [0.1, 0.15) is 6.29 Å². The monoisotopic (exact) mass is 184 g/mol. The van der Waals surface area contributed by atoms with Crippen molar-refractivity contribution in [3.8, 4) is 0 Å². The molecule has 1 nitrogen and oxygen atoms in total. The van der Waals surface area contributed by atoms with Crippen molar-refractivity contribution in [1.29, 1.82) is 0 Å². The topological polar surface area (TPSA) is 17.1 Å². The summed E-state index contributed by atoms with van der Waals surface area (Å²) < 4.78 is 0. The van der Waals surface area contributed by atoms with Gasteiger partial charge < -0.3 is 4.79 Å². The first kappa shape index (κ1) is 12.7. The van der Waals surface area contributed by atoms with Crippen LogP contribution in [-0.2, 0) is 4.79 Å². The molecule has 13 heavy (non-hydrogen) atoms. The lowest BCUT2D eigenvalue weighted by molar-refractivity contribution is -0.110. The van der Waals surface area contributed by atoms with E-state index in [1.165, 1.54) is 12.8 Å². The minimum absolute atomic E-state index is 0.238. The molecule has 0 aromatic rings. The van der Waals surface area contributed by atoms with Gasteiger partial charge in [-0.05, 0) is 24.2 Å². The maximum absolute atomic E-state index is 10.4. The van der Waals surface area contributed by atoms with Gasteiger partial charge in [0.15, 0.2) is 0 Å². The third-order valence-electron chi connectivity index (χ3n) is 2.31. The van der Waals surface area contributed by atoms with Crippen LogP contribution in [0.1, 0.15) is 53.9 Å². The molecule has 0 aliphatic heterocycles. The van der Waals surface area contributed by atoms with E-state index in [0.29, 0.717) is 5.41 Å². The standard InChI is InChI=1S/C12H24O/c1-10(8-12(3,4)5)6-7-11(2)9-13/h9-11H,6-8H2,1-5H3/t10-,11+/m1/s1. The van der Waals surface area contributed by atoms with Gasteiger partial charge in [-0.3, -0.25) is 0 Å². The highest BCUT2D eigenvalue weighted by molar-refractivity contribution is 5.52. The Kier molecular flexibility index (Phi) is 5.27. The van der Waals surface area contributed by atoms with E-state index in [4.69, 9.17) is 0 Å². The van der Waals surface area contributed by atoms with E-state index in [1.54, 1.807) is 0 Å². The van der Waals surface area contributed by atoms with Crippen molar-refractivity contribution in [3.05, 3.63) is 0 Å². The average molecular weight is 184 g/mol. The summed E-state index contributed by atoms with van der Waals surface area (Å²) in [5.74, 6) is 0.977. The van der Waals surface area contributed by atoms with E-state index in [1.807, 2.05) is 6.92 Å². The number of hydrogen-bond acceptors (Lipinski definition) is 1. The average Bonchev–Trinajstić information content (AvgIpc) is 1.97. The van der Waals surface area contributed by atoms with Gasteiger partial charge in [0.2, 0.25) is 0 Å². The van der Waals surface area contributed by atoms with Crippen LogP contribution in [0, 0.1) is 17.3 Å². The number of aldehydes is 1. The van der Waals surface area contributed by atoms with Crippen molar-refractivity contribution < 1.29 is 4.79 Å². The van der Waals surface area contributed by atoms with Gasteiger partial charge >= 0.3 is 0 Å². The Morgan fingerprint density at radius 3 is 2.08 bits per heavy atom. The normalized spacial score (nSPS) is 16.7. The number of carbonyl (C=O) groups is 1. The van der Waals surface area contributed by atoms with E-state index in [2.05, 4.69) is 27.7 Å². The second kappa shape index (κ2) is 5.41. The van der Waals surface area contributed by atoms with E-state index in [9.17, 15) is 4.79 Å². The molecule has 0 aromatic heterocycles. The van der Waals surface area contributed by atoms with Gasteiger partial charge in [-0.2, -0.15) is 0 Å². The van der Waals surface area contributed by atoms with Crippen molar-refractivity contribution in [3.63, 3.8) is 0 Å². The summed E-state index contributed by atoms with van der Waals surface area (Å²) >= 11 is 0. The van der Waals surface area contributed by atoms with Crippen molar-refractivity contribution in [2.24, 2.45) is 17.3 Å². The maximum Gasteiger partial charge on any atom is 0.122 e. The van der Waals surface area contributed by atoms with Gasteiger partial charge in [0, 0.05) is 5.92 Å². The lowest BCUT2D eigenvalue weighted by Gasteiger charge is -2.23. The maximum atomic E-state index is 10.4. The van der Waals surface area contributed by atoms with Gasteiger partial charge in [0.25, 0.3) is 0 Å². The summed E-state index contributed by atoms with van der Waals surface area (Å²) in [5, 5.41) is 0. The minimum atomic E-state index is 0.238. The van der Waals surface area contributed by atoms with Crippen LogP contribution in [0.15, 0.2) is 0 Å². The molecule has 0 aliphatic carbocycles. The summed E-state index contributed by atoms with van der Waals surface area (Å²) in [6.45, 7) is 11.1. The zero-order valence-electron chi connectivity index (χ0n) is 9.76. The van der Waals surface area contributed by atoms with E-state index in [-0.39, 0.29) is 5.92 Å². The number of hydrogen-bond donors (Lipinski definition) is 0. The van der Waals surface area contributed by atoms with Crippen molar-refractivity contribution in [2.45, 2.75) is 53.9 Å². The third kappa shape index (κ3) is 8.01. The van der Waals surface area contributed by atoms with Crippen molar-refractivity contribution in [2.75, 3.05) is 0 Å². The lowest BCUT2D eigenvalue weighted by Crippen LogP contribution is -2.12.